The Kier molecular flexibility index (Phi) is 2.03. The number of para-hydroxylation sites is 1. The second-order valence-corrected chi connectivity index (χ2v) is 4.02. The highest BCUT2D eigenvalue weighted by molar-refractivity contribution is 5.95. The third-order valence-corrected chi connectivity index (χ3v) is 2.87. The number of nitrogens with zero attached hydrogens (tertiary/aromatic N) is 2. The van der Waals surface area contributed by atoms with E-state index in [9.17, 15) is 0 Å². The van der Waals surface area contributed by atoms with E-state index in [4.69, 9.17) is 0 Å². The number of hydrogen-bond donors (Lipinski definition) is 1. The molecule has 1 aromatic carbocycles. The number of fused-ring (bicyclic) bond motifs is 1. The van der Waals surface area contributed by atoms with Crippen molar-refractivity contribution in [3.05, 3.63) is 41.6 Å². The summed E-state index contributed by atoms with van der Waals surface area (Å²) in [7, 11) is 2.07. The van der Waals surface area contributed by atoms with E-state index in [1.807, 2.05) is 6.21 Å². The number of hydrazone groups is 1. The summed E-state index contributed by atoms with van der Waals surface area (Å²) in [5.74, 6) is 0. The van der Waals surface area contributed by atoms with Crippen LogP contribution in [0.5, 0.6) is 0 Å². The first kappa shape index (κ1) is 9.21. The van der Waals surface area contributed by atoms with Gasteiger partial charge in [-0.15, -0.1) is 0 Å². The maximum absolute atomic E-state index is 4.00. The summed E-state index contributed by atoms with van der Waals surface area (Å²) >= 11 is 0. The zero-order chi connectivity index (χ0) is 11.0. The Morgan fingerprint density at radius 3 is 3.06 bits per heavy atom. The minimum atomic E-state index is 0.823. The number of benzene rings is 1. The molecule has 2 heterocycles. The van der Waals surface area contributed by atoms with Gasteiger partial charge >= 0.3 is 0 Å². The smallest absolute Gasteiger partial charge is 0.0596 e. The summed E-state index contributed by atoms with van der Waals surface area (Å²) in [6.07, 6.45) is 6.22. The van der Waals surface area contributed by atoms with E-state index in [0.717, 1.165) is 6.54 Å². The average Bonchev–Trinajstić information content (AvgIpc) is 2.90. The lowest BCUT2D eigenvalue weighted by Gasteiger charge is -1.94. The minimum absolute atomic E-state index is 0.823. The molecule has 80 valence electrons. The Morgan fingerprint density at radius 1 is 1.38 bits per heavy atom. The highest BCUT2D eigenvalue weighted by atomic mass is 15.3. The van der Waals surface area contributed by atoms with Crippen LogP contribution < -0.4 is 5.43 Å². The van der Waals surface area contributed by atoms with Gasteiger partial charge in [-0.2, -0.15) is 5.10 Å². The van der Waals surface area contributed by atoms with Crippen LogP contribution in [0.4, 0.5) is 0 Å². The molecule has 1 aliphatic heterocycles. The van der Waals surface area contributed by atoms with Gasteiger partial charge in [0.25, 0.3) is 0 Å². The summed E-state index contributed by atoms with van der Waals surface area (Å²) in [5.41, 5.74) is 6.67. The summed E-state index contributed by atoms with van der Waals surface area (Å²) in [6, 6.07) is 8.43. The number of nitrogens with one attached hydrogen (secondary N) is 1. The standard InChI is InChI=1S/C13H13N3/c1-16-9-11(6-10-7-14-15-8-10)12-4-2-3-5-13(12)16/h2-7,9,15H,8H2,1H3. The van der Waals surface area contributed by atoms with E-state index in [-0.39, 0.29) is 0 Å². The Balaban J connectivity index is 2.17. The third-order valence-electron chi connectivity index (χ3n) is 2.87. The molecule has 3 heteroatoms. The molecule has 1 aliphatic rings. The lowest BCUT2D eigenvalue weighted by atomic mass is 10.1. The fourth-order valence-electron chi connectivity index (χ4n) is 2.09. The van der Waals surface area contributed by atoms with Crippen LogP contribution in [0.25, 0.3) is 17.0 Å². The molecule has 1 aromatic heterocycles. The quantitative estimate of drug-likeness (QED) is 0.769. The second kappa shape index (κ2) is 3.52. The van der Waals surface area contributed by atoms with Crippen LogP contribution in [0.1, 0.15) is 5.56 Å². The predicted molar refractivity (Wildman–Crippen MR) is 67.4 cm³/mol. The first-order valence-corrected chi connectivity index (χ1v) is 5.35. The van der Waals surface area contributed by atoms with Crippen molar-refractivity contribution in [2.75, 3.05) is 6.54 Å². The molecular weight excluding hydrogens is 198 g/mol. The highest BCUT2D eigenvalue weighted by Crippen LogP contribution is 2.22. The van der Waals surface area contributed by atoms with Gasteiger partial charge in [0.15, 0.2) is 0 Å². The van der Waals surface area contributed by atoms with E-state index < -0.39 is 0 Å². The lowest BCUT2D eigenvalue weighted by molar-refractivity contribution is 0.858. The Bertz CT molecular complexity index is 590. The van der Waals surface area contributed by atoms with Crippen LogP contribution in [-0.2, 0) is 7.05 Å². The summed E-state index contributed by atoms with van der Waals surface area (Å²) in [6.45, 7) is 0.823. The molecule has 0 saturated heterocycles. The first-order valence-electron chi connectivity index (χ1n) is 5.35. The van der Waals surface area contributed by atoms with Gasteiger partial charge in [-0.05, 0) is 17.7 Å². The summed E-state index contributed by atoms with van der Waals surface area (Å²) in [4.78, 5) is 0. The van der Waals surface area contributed by atoms with Gasteiger partial charge in [0.1, 0.15) is 0 Å². The number of rotatable bonds is 1. The number of hydrogen-bond acceptors (Lipinski definition) is 2. The first-order chi connectivity index (χ1) is 7.84. The van der Waals surface area contributed by atoms with Crippen LogP contribution in [0.3, 0.4) is 0 Å². The molecule has 0 fully saturated rings. The Labute approximate surface area is 94.1 Å². The van der Waals surface area contributed by atoms with Gasteiger partial charge in [-0.1, -0.05) is 18.2 Å². The van der Waals surface area contributed by atoms with Crippen molar-refractivity contribution >= 4 is 23.2 Å². The van der Waals surface area contributed by atoms with Gasteiger partial charge in [-0.25, -0.2) is 0 Å². The van der Waals surface area contributed by atoms with E-state index in [0.29, 0.717) is 0 Å². The topological polar surface area (TPSA) is 29.3 Å². The minimum Gasteiger partial charge on any atom is -0.350 e. The van der Waals surface area contributed by atoms with Gasteiger partial charge < -0.3 is 9.99 Å². The molecule has 0 saturated carbocycles. The Hall–Kier alpha value is -2.03. The van der Waals surface area contributed by atoms with Crippen molar-refractivity contribution in [1.82, 2.24) is 9.99 Å². The molecule has 3 nitrogen and oxygen atoms in total. The molecule has 0 amide bonds. The van der Waals surface area contributed by atoms with Gasteiger partial charge in [-0.3, -0.25) is 0 Å². The fraction of sp³-hybridized carbons (Fsp3) is 0.154. The highest BCUT2D eigenvalue weighted by Gasteiger charge is 2.05. The monoisotopic (exact) mass is 211 g/mol. The van der Waals surface area contributed by atoms with Gasteiger partial charge in [0, 0.05) is 29.7 Å². The van der Waals surface area contributed by atoms with Crippen molar-refractivity contribution in [2.45, 2.75) is 0 Å². The molecule has 0 unspecified atom stereocenters. The molecule has 0 bridgehead atoms. The van der Waals surface area contributed by atoms with E-state index in [2.05, 4.69) is 58.7 Å². The van der Waals surface area contributed by atoms with Crippen LogP contribution in [0.2, 0.25) is 0 Å². The maximum Gasteiger partial charge on any atom is 0.0596 e. The SMILES string of the molecule is Cn1cc(C=C2C=NNC2)c2ccccc21. The molecule has 0 spiro atoms. The molecule has 0 aliphatic carbocycles. The van der Waals surface area contributed by atoms with E-state index in [1.165, 1.54) is 22.0 Å². The molecule has 16 heavy (non-hydrogen) atoms. The summed E-state index contributed by atoms with van der Waals surface area (Å²) in [5, 5.41) is 5.29. The zero-order valence-corrected chi connectivity index (χ0v) is 9.14. The molecule has 1 N–H and O–H groups in total. The lowest BCUT2D eigenvalue weighted by Crippen LogP contribution is -1.99. The van der Waals surface area contributed by atoms with Gasteiger partial charge in [0.2, 0.25) is 0 Å². The van der Waals surface area contributed by atoms with Crippen molar-refractivity contribution in [3.63, 3.8) is 0 Å². The molecule has 3 rings (SSSR count). The van der Waals surface area contributed by atoms with Crippen LogP contribution in [0.15, 0.2) is 41.1 Å². The number of aryl methyl sites for hydroxylation is 1. The normalized spacial score (nSPS) is 17.2. The Morgan fingerprint density at radius 2 is 2.25 bits per heavy atom. The van der Waals surface area contributed by atoms with E-state index >= 15 is 0 Å². The molecule has 0 radical (unpaired) electrons. The average molecular weight is 211 g/mol. The third kappa shape index (κ3) is 1.41. The van der Waals surface area contributed by atoms with Gasteiger partial charge in [0.05, 0.1) is 12.8 Å². The summed E-state index contributed by atoms with van der Waals surface area (Å²) < 4.78 is 2.15. The van der Waals surface area contributed by atoms with Crippen LogP contribution in [-0.4, -0.2) is 17.3 Å². The second-order valence-electron chi connectivity index (χ2n) is 4.02. The van der Waals surface area contributed by atoms with Crippen molar-refractivity contribution in [1.29, 1.82) is 0 Å². The van der Waals surface area contributed by atoms with Crippen molar-refractivity contribution in [2.24, 2.45) is 12.1 Å². The maximum atomic E-state index is 4.00. The molecule has 0 atom stereocenters. The van der Waals surface area contributed by atoms with Crippen LogP contribution >= 0.6 is 0 Å². The molecular formula is C13H13N3. The largest absolute Gasteiger partial charge is 0.350 e. The van der Waals surface area contributed by atoms with Crippen molar-refractivity contribution < 1.29 is 0 Å². The van der Waals surface area contributed by atoms with Crippen molar-refractivity contribution in [3.8, 4) is 0 Å². The fourth-order valence-corrected chi connectivity index (χ4v) is 2.09. The molecule has 2 aromatic rings. The van der Waals surface area contributed by atoms with Crippen LogP contribution in [0, 0.1) is 0 Å². The predicted octanol–water partition coefficient (Wildman–Crippen LogP) is 2.15. The van der Waals surface area contributed by atoms with E-state index in [1.54, 1.807) is 0 Å². The zero-order valence-electron chi connectivity index (χ0n) is 9.14. The number of aromatic nitrogens is 1.